The van der Waals surface area contributed by atoms with Gasteiger partial charge in [-0.1, -0.05) is 6.92 Å². The number of hydrogen-bond donors (Lipinski definition) is 0. The van der Waals surface area contributed by atoms with Crippen molar-refractivity contribution in [2.24, 2.45) is 0 Å². The molecule has 1 atom stereocenters. The molecule has 4 heterocycles. The van der Waals surface area contributed by atoms with Crippen molar-refractivity contribution in [3.8, 4) is 0 Å². The zero-order valence-corrected chi connectivity index (χ0v) is 15.8. The van der Waals surface area contributed by atoms with Crippen LogP contribution in [0.5, 0.6) is 0 Å². The van der Waals surface area contributed by atoms with Gasteiger partial charge < -0.3 is 4.90 Å². The number of nitrogens with zero attached hydrogens (tertiary/aromatic N) is 3. The van der Waals surface area contributed by atoms with Crippen LogP contribution in [0.3, 0.4) is 0 Å². The maximum Gasteiger partial charge on any atom is 0.271 e. The van der Waals surface area contributed by atoms with Gasteiger partial charge in [0.15, 0.2) is 0 Å². The molecule has 0 bridgehead atoms. The van der Waals surface area contributed by atoms with Gasteiger partial charge in [-0.15, -0.1) is 22.7 Å². The third kappa shape index (κ3) is 2.71. The van der Waals surface area contributed by atoms with Crippen LogP contribution in [0.2, 0.25) is 0 Å². The molecule has 1 unspecified atom stereocenters. The predicted octanol–water partition coefficient (Wildman–Crippen LogP) is 3.36. The Hall–Kier alpha value is -1.99. The standard InChI is InChI=1S/C18H19N3O2S2/c1-3-13-12-5-7-24-14(12)4-6-21(13)15(22)8-20-10-19-16-11(2)9-25-17(16)18(20)23/h5,7,9-10,13H,3-4,6,8H2,1-2H3. The quantitative estimate of drug-likeness (QED) is 0.707. The minimum absolute atomic E-state index is 0.0137. The summed E-state index contributed by atoms with van der Waals surface area (Å²) in [6.45, 7) is 4.81. The number of aryl methyl sites for hydroxylation is 1. The fraction of sp³-hybridized carbons (Fsp3) is 0.389. The van der Waals surface area contributed by atoms with Crippen LogP contribution in [0, 0.1) is 6.92 Å². The Morgan fingerprint density at radius 2 is 2.24 bits per heavy atom. The van der Waals surface area contributed by atoms with Crippen molar-refractivity contribution in [3.63, 3.8) is 0 Å². The molecule has 130 valence electrons. The van der Waals surface area contributed by atoms with Crippen molar-refractivity contribution in [2.45, 2.75) is 39.3 Å². The molecular weight excluding hydrogens is 354 g/mol. The van der Waals surface area contributed by atoms with Crippen molar-refractivity contribution < 1.29 is 4.79 Å². The summed E-state index contributed by atoms with van der Waals surface area (Å²) in [7, 11) is 0. The van der Waals surface area contributed by atoms with Crippen LogP contribution < -0.4 is 5.56 Å². The molecule has 0 saturated carbocycles. The zero-order chi connectivity index (χ0) is 17.6. The van der Waals surface area contributed by atoms with Crippen molar-refractivity contribution in [2.75, 3.05) is 6.54 Å². The predicted molar refractivity (Wildman–Crippen MR) is 101 cm³/mol. The van der Waals surface area contributed by atoms with E-state index in [0.717, 1.165) is 23.9 Å². The van der Waals surface area contributed by atoms with Crippen molar-refractivity contribution >= 4 is 38.8 Å². The molecule has 3 aromatic rings. The van der Waals surface area contributed by atoms with Crippen LogP contribution >= 0.6 is 22.7 Å². The lowest BCUT2D eigenvalue weighted by Crippen LogP contribution is -2.42. The normalized spacial score (nSPS) is 17.0. The van der Waals surface area contributed by atoms with Crippen LogP contribution in [0.4, 0.5) is 0 Å². The lowest BCUT2D eigenvalue weighted by molar-refractivity contribution is -0.134. The highest BCUT2D eigenvalue weighted by Crippen LogP contribution is 2.35. The van der Waals surface area contributed by atoms with E-state index >= 15 is 0 Å². The lowest BCUT2D eigenvalue weighted by atomic mass is 9.98. The summed E-state index contributed by atoms with van der Waals surface area (Å²) in [4.78, 5) is 33.2. The smallest absolute Gasteiger partial charge is 0.271 e. The Morgan fingerprint density at radius 1 is 1.40 bits per heavy atom. The monoisotopic (exact) mass is 373 g/mol. The summed E-state index contributed by atoms with van der Waals surface area (Å²) in [5.41, 5.74) is 2.88. The molecule has 5 nitrogen and oxygen atoms in total. The number of aromatic nitrogens is 2. The molecule has 0 fully saturated rings. The van der Waals surface area contributed by atoms with E-state index < -0.39 is 0 Å². The van der Waals surface area contributed by atoms with Crippen molar-refractivity contribution in [1.82, 2.24) is 14.5 Å². The topological polar surface area (TPSA) is 55.2 Å². The molecule has 3 aromatic heterocycles. The minimum atomic E-state index is -0.127. The molecule has 25 heavy (non-hydrogen) atoms. The van der Waals surface area contributed by atoms with Gasteiger partial charge in [-0.2, -0.15) is 0 Å². The van der Waals surface area contributed by atoms with Gasteiger partial charge in [-0.05, 0) is 47.7 Å². The average Bonchev–Trinajstić information content (AvgIpc) is 3.23. The molecule has 0 aromatic carbocycles. The molecule has 4 rings (SSSR count). The van der Waals surface area contributed by atoms with E-state index in [4.69, 9.17) is 0 Å². The minimum Gasteiger partial charge on any atom is -0.334 e. The zero-order valence-electron chi connectivity index (χ0n) is 14.2. The fourth-order valence-corrected chi connectivity index (χ4v) is 5.42. The second-order valence-corrected chi connectivity index (χ2v) is 8.21. The summed E-state index contributed by atoms with van der Waals surface area (Å²) >= 11 is 3.16. The highest BCUT2D eigenvalue weighted by atomic mass is 32.1. The molecule has 0 radical (unpaired) electrons. The number of hydrogen-bond acceptors (Lipinski definition) is 5. The van der Waals surface area contributed by atoms with E-state index in [2.05, 4.69) is 23.4 Å². The summed E-state index contributed by atoms with van der Waals surface area (Å²) in [6.07, 6.45) is 3.28. The van der Waals surface area contributed by atoms with Crippen LogP contribution in [-0.4, -0.2) is 26.9 Å². The third-order valence-electron chi connectivity index (χ3n) is 4.83. The van der Waals surface area contributed by atoms with Crippen molar-refractivity contribution in [1.29, 1.82) is 0 Å². The molecular formula is C18H19N3O2S2. The first kappa shape index (κ1) is 16.5. The number of carbonyl (C=O) groups excluding carboxylic acids is 1. The largest absolute Gasteiger partial charge is 0.334 e. The highest BCUT2D eigenvalue weighted by molar-refractivity contribution is 7.17. The Bertz CT molecular complexity index is 1000. The molecule has 1 amide bonds. The number of amides is 1. The summed E-state index contributed by atoms with van der Waals surface area (Å²) in [5.74, 6) is -0.0137. The highest BCUT2D eigenvalue weighted by Gasteiger charge is 2.30. The molecule has 7 heteroatoms. The Labute approximate surface area is 153 Å². The van der Waals surface area contributed by atoms with Crippen LogP contribution in [0.15, 0.2) is 27.9 Å². The molecule has 0 N–H and O–H groups in total. The average molecular weight is 374 g/mol. The fourth-order valence-electron chi connectivity index (χ4n) is 3.54. The number of rotatable bonds is 3. The van der Waals surface area contributed by atoms with Crippen LogP contribution in [0.1, 0.15) is 35.4 Å². The first-order valence-corrected chi connectivity index (χ1v) is 10.1. The summed E-state index contributed by atoms with van der Waals surface area (Å²) < 4.78 is 2.06. The molecule has 1 aliphatic heterocycles. The maximum absolute atomic E-state index is 12.9. The number of carbonyl (C=O) groups is 1. The van der Waals surface area contributed by atoms with Gasteiger partial charge in [0.2, 0.25) is 5.91 Å². The maximum atomic E-state index is 12.9. The first-order valence-electron chi connectivity index (χ1n) is 8.39. The first-order chi connectivity index (χ1) is 12.1. The second kappa shape index (κ2) is 6.38. The third-order valence-corrected chi connectivity index (χ3v) is 6.90. The lowest BCUT2D eigenvalue weighted by Gasteiger charge is -2.35. The van der Waals surface area contributed by atoms with Gasteiger partial charge in [0.25, 0.3) is 5.56 Å². The van der Waals surface area contributed by atoms with E-state index in [1.807, 2.05) is 17.2 Å². The Balaban J connectivity index is 1.62. The molecule has 0 spiro atoms. The molecule has 1 aliphatic rings. The number of thiophene rings is 2. The summed E-state index contributed by atoms with van der Waals surface area (Å²) in [6, 6.07) is 2.24. The van der Waals surface area contributed by atoms with E-state index in [-0.39, 0.29) is 24.1 Å². The van der Waals surface area contributed by atoms with Crippen LogP contribution in [0.25, 0.3) is 10.2 Å². The van der Waals surface area contributed by atoms with Gasteiger partial charge in [-0.3, -0.25) is 14.2 Å². The Morgan fingerprint density at radius 3 is 3.04 bits per heavy atom. The second-order valence-electron chi connectivity index (χ2n) is 6.33. The van der Waals surface area contributed by atoms with E-state index in [1.165, 1.54) is 32.7 Å². The molecule has 0 aliphatic carbocycles. The van der Waals surface area contributed by atoms with Gasteiger partial charge in [0.05, 0.1) is 17.9 Å². The molecule has 0 saturated heterocycles. The van der Waals surface area contributed by atoms with Gasteiger partial charge >= 0.3 is 0 Å². The van der Waals surface area contributed by atoms with E-state index in [0.29, 0.717) is 11.2 Å². The van der Waals surface area contributed by atoms with Gasteiger partial charge in [0.1, 0.15) is 11.2 Å². The van der Waals surface area contributed by atoms with E-state index in [1.54, 1.807) is 11.3 Å². The Kier molecular flexibility index (Phi) is 4.21. The van der Waals surface area contributed by atoms with Gasteiger partial charge in [-0.25, -0.2) is 4.98 Å². The van der Waals surface area contributed by atoms with Crippen molar-refractivity contribution in [3.05, 3.63) is 49.5 Å². The summed E-state index contributed by atoms with van der Waals surface area (Å²) in [5, 5.41) is 4.03. The SMILES string of the molecule is CCC1c2ccsc2CCN1C(=O)Cn1cnc2c(C)csc2c1=O. The van der Waals surface area contributed by atoms with Gasteiger partial charge in [0, 0.05) is 11.4 Å². The number of fused-ring (bicyclic) bond motifs is 2. The van der Waals surface area contributed by atoms with E-state index in [9.17, 15) is 9.59 Å². The van der Waals surface area contributed by atoms with Crippen LogP contribution in [-0.2, 0) is 17.8 Å².